The van der Waals surface area contributed by atoms with E-state index in [0.717, 1.165) is 12.8 Å². The van der Waals surface area contributed by atoms with Crippen LogP contribution in [0.1, 0.15) is 45.1 Å². The first-order valence-corrected chi connectivity index (χ1v) is 5.91. The Bertz CT molecular complexity index is 319. The molecule has 0 amide bonds. The van der Waals surface area contributed by atoms with Crippen LogP contribution in [-0.2, 0) is 9.53 Å². The molecule has 0 saturated carbocycles. The summed E-state index contributed by atoms with van der Waals surface area (Å²) in [4.78, 5) is 11.0. The monoisotopic (exact) mass is 220 g/mol. The van der Waals surface area contributed by atoms with E-state index in [1.54, 1.807) is 0 Å². The zero-order valence-corrected chi connectivity index (χ0v) is 10.3. The van der Waals surface area contributed by atoms with Crippen LogP contribution in [0, 0.1) is 0 Å². The molecular weight excluding hydrogens is 200 g/mol. The molecule has 2 atom stereocenters. The van der Waals surface area contributed by atoms with Gasteiger partial charge in [0.05, 0.1) is 0 Å². The largest absolute Gasteiger partial charge is 0.462 e. The van der Waals surface area contributed by atoms with Crippen LogP contribution in [0.2, 0.25) is 0 Å². The molecule has 0 radical (unpaired) electrons. The molecule has 0 aliphatic heterocycles. The van der Waals surface area contributed by atoms with Crippen molar-refractivity contribution in [1.82, 2.24) is 0 Å². The van der Waals surface area contributed by atoms with Crippen molar-refractivity contribution in [3.8, 4) is 0 Å². The maximum atomic E-state index is 11.0. The van der Waals surface area contributed by atoms with Crippen LogP contribution < -0.4 is 0 Å². The fourth-order valence-electron chi connectivity index (χ4n) is 2.08. The van der Waals surface area contributed by atoms with Crippen molar-refractivity contribution in [2.45, 2.75) is 45.6 Å². The Balaban J connectivity index is 2.83. The Labute approximate surface area is 97.6 Å². The van der Waals surface area contributed by atoms with Gasteiger partial charge in [0.2, 0.25) is 0 Å². The number of carbonyl (C=O) groups is 1. The van der Waals surface area contributed by atoms with Crippen LogP contribution in [0.3, 0.4) is 0 Å². The number of hydrogen-bond donors (Lipinski definition) is 0. The number of hydrogen-bond acceptors (Lipinski definition) is 2. The Morgan fingerprint density at radius 1 is 1.19 bits per heavy atom. The number of esters is 1. The molecule has 2 heteroatoms. The zero-order chi connectivity index (χ0) is 12.0. The van der Waals surface area contributed by atoms with E-state index in [4.69, 9.17) is 4.74 Å². The molecule has 0 N–H and O–H groups in total. The molecule has 0 saturated heterocycles. The molecule has 0 aromatic heterocycles. The standard InChI is InChI=1S/C14H20O2/c1-4-13(12-9-7-6-8-10-12)14(5-2)16-11(3)15/h6-10,13-14H,4-5H2,1-3H3/t13-,14+/m0/s1. The molecule has 0 spiro atoms. The summed E-state index contributed by atoms with van der Waals surface area (Å²) in [6.07, 6.45) is 1.83. The third-order valence-electron chi connectivity index (χ3n) is 2.84. The predicted octanol–water partition coefficient (Wildman–Crippen LogP) is 3.52. The first-order chi connectivity index (χ1) is 7.69. The van der Waals surface area contributed by atoms with Crippen molar-refractivity contribution < 1.29 is 9.53 Å². The van der Waals surface area contributed by atoms with Gasteiger partial charge in [-0.2, -0.15) is 0 Å². The molecular formula is C14H20O2. The summed E-state index contributed by atoms with van der Waals surface area (Å²) >= 11 is 0. The van der Waals surface area contributed by atoms with Gasteiger partial charge in [-0.05, 0) is 18.4 Å². The number of ether oxygens (including phenoxy) is 1. The highest BCUT2D eigenvalue weighted by molar-refractivity contribution is 5.66. The fourth-order valence-corrected chi connectivity index (χ4v) is 2.08. The minimum Gasteiger partial charge on any atom is -0.462 e. The maximum Gasteiger partial charge on any atom is 0.302 e. The third-order valence-corrected chi connectivity index (χ3v) is 2.84. The summed E-state index contributed by atoms with van der Waals surface area (Å²) in [6, 6.07) is 10.3. The second kappa shape index (κ2) is 6.31. The van der Waals surface area contributed by atoms with Crippen LogP contribution >= 0.6 is 0 Å². The highest BCUT2D eigenvalue weighted by Crippen LogP contribution is 2.27. The van der Waals surface area contributed by atoms with Crippen molar-refractivity contribution in [1.29, 1.82) is 0 Å². The van der Waals surface area contributed by atoms with Gasteiger partial charge in [-0.1, -0.05) is 44.2 Å². The number of carbonyl (C=O) groups excluding carboxylic acids is 1. The lowest BCUT2D eigenvalue weighted by molar-refractivity contribution is -0.147. The van der Waals surface area contributed by atoms with Gasteiger partial charge in [0.25, 0.3) is 0 Å². The van der Waals surface area contributed by atoms with Gasteiger partial charge < -0.3 is 4.74 Å². The lowest BCUT2D eigenvalue weighted by atomic mass is 9.89. The lowest BCUT2D eigenvalue weighted by Gasteiger charge is -2.25. The number of benzene rings is 1. The molecule has 0 heterocycles. The van der Waals surface area contributed by atoms with E-state index >= 15 is 0 Å². The molecule has 88 valence electrons. The zero-order valence-electron chi connectivity index (χ0n) is 10.3. The van der Waals surface area contributed by atoms with Crippen molar-refractivity contribution in [3.05, 3.63) is 35.9 Å². The molecule has 2 nitrogen and oxygen atoms in total. The van der Waals surface area contributed by atoms with E-state index in [-0.39, 0.29) is 12.1 Å². The third kappa shape index (κ3) is 3.37. The van der Waals surface area contributed by atoms with Gasteiger partial charge >= 0.3 is 5.97 Å². The first kappa shape index (κ1) is 12.8. The Kier molecular flexibility index (Phi) is 5.03. The van der Waals surface area contributed by atoms with Crippen LogP contribution in [0.4, 0.5) is 0 Å². The fraction of sp³-hybridized carbons (Fsp3) is 0.500. The van der Waals surface area contributed by atoms with Crippen molar-refractivity contribution in [3.63, 3.8) is 0 Å². The van der Waals surface area contributed by atoms with Crippen LogP contribution in [0.15, 0.2) is 30.3 Å². The molecule has 0 bridgehead atoms. The second-order valence-corrected chi connectivity index (χ2v) is 3.98. The summed E-state index contributed by atoms with van der Waals surface area (Å²) in [6.45, 7) is 5.66. The molecule has 0 unspecified atom stereocenters. The predicted molar refractivity (Wildman–Crippen MR) is 65.3 cm³/mol. The Morgan fingerprint density at radius 3 is 2.25 bits per heavy atom. The van der Waals surface area contributed by atoms with Gasteiger partial charge in [-0.25, -0.2) is 0 Å². The van der Waals surface area contributed by atoms with E-state index in [0.29, 0.717) is 5.92 Å². The smallest absolute Gasteiger partial charge is 0.302 e. The van der Waals surface area contributed by atoms with Gasteiger partial charge in [0.15, 0.2) is 0 Å². The van der Waals surface area contributed by atoms with Crippen LogP contribution in [0.5, 0.6) is 0 Å². The molecule has 1 aromatic carbocycles. The highest BCUT2D eigenvalue weighted by atomic mass is 16.5. The van der Waals surface area contributed by atoms with Crippen molar-refractivity contribution >= 4 is 5.97 Å². The van der Waals surface area contributed by atoms with Crippen molar-refractivity contribution in [2.24, 2.45) is 0 Å². The molecule has 1 rings (SSSR count). The summed E-state index contributed by atoms with van der Waals surface area (Å²) in [5.74, 6) is 0.108. The molecule has 0 aliphatic rings. The summed E-state index contributed by atoms with van der Waals surface area (Å²) in [7, 11) is 0. The van der Waals surface area contributed by atoms with Gasteiger partial charge in [-0.15, -0.1) is 0 Å². The van der Waals surface area contributed by atoms with E-state index in [2.05, 4.69) is 26.0 Å². The SMILES string of the molecule is CC[C@@H](OC(C)=O)[C@@H](CC)c1ccccc1. The summed E-state index contributed by atoms with van der Waals surface area (Å²) in [5, 5.41) is 0. The second-order valence-electron chi connectivity index (χ2n) is 3.98. The number of rotatable bonds is 5. The van der Waals surface area contributed by atoms with E-state index in [9.17, 15) is 4.79 Å². The molecule has 1 aromatic rings. The molecule has 16 heavy (non-hydrogen) atoms. The van der Waals surface area contributed by atoms with Gasteiger partial charge in [-0.3, -0.25) is 4.79 Å². The maximum absolute atomic E-state index is 11.0. The van der Waals surface area contributed by atoms with Gasteiger partial charge in [0, 0.05) is 12.8 Å². The van der Waals surface area contributed by atoms with Gasteiger partial charge in [0.1, 0.15) is 6.10 Å². The minimum absolute atomic E-state index is 0.00935. The quantitative estimate of drug-likeness (QED) is 0.710. The topological polar surface area (TPSA) is 26.3 Å². The molecule has 0 fully saturated rings. The molecule has 0 aliphatic carbocycles. The summed E-state index contributed by atoms with van der Waals surface area (Å²) in [5.41, 5.74) is 1.25. The minimum atomic E-state index is -0.193. The average Bonchev–Trinajstić information content (AvgIpc) is 2.29. The summed E-state index contributed by atoms with van der Waals surface area (Å²) < 4.78 is 5.37. The lowest BCUT2D eigenvalue weighted by Crippen LogP contribution is -2.23. The van der Waals surface area contributed by atoms with E-state index in [1.165, 1.54) is 12.5 Å². The highest BCUT2D eigenvalue weighted by Gasteiger charge is 2.22. The normalized spacial score (nSPS) is 14.2. The van der Waals surface area contributed by atoms with E-state index in [1.807, 2.05) is 18.2 Å². The Morgan fingerprint density at radius 2 is 1.81 bits per heavy atom. The van der Waals surface area contributed by atoms with Crippen LogP contribution in [0.25, 0.3) is 0 Å². The van der Waals surface area contributed by atoms with Crippen molar-refractivity contribution in [2.75, 3.05) is 0 Å². The van der Waals surface area contributed by atoms with Crippen LogP contribution in [-0.4, -0.2) is 12.1 Å². The first-order valence-electron chi connectivity index (χ1n) is 5.91. The Hall–Kier alpha value is -1.31. The van der Waals surface area contributed by atoms with E-state index < -0.39 is 0 Å². The average molecular weight is 220 g/mol.